The van der Waals surface area contributed by atoms with E-state index in [9.17, 15) is 0 Å². The lowest BCUT2D eigenvalue weighted by molar-refractivity contribution is 0.171. The maximum atomic E-state index is 6.14. The number of ether oxygens (including phenoxy) is 3. The molecular weight excluding hydrogens is 244 g/mol. The molecule has 0 bridgehead atoms. The first kappa shape index (κ1) is 10.5. The van der Waals surface area contributed by atoms with E-state index in [1.54, 1.807) is 0 Å². The summed E-state index contributed by atoms with van der Waals surface area (Å²) in [6.45, 7) is 1.48. The Morgan fingerprint density at radius 1 is 1.24 bits per heavy atom. The number of aliphatic imine (C=N–C) groups is 1. The Hall–Kier alpha value is -1.62. The van der Waals surface area contributed by atoms with Gasteiger partial charge in [-0.1, -0.05) is 11.6 Å². The average molecular weight is 255 g/mol. The Bertz CT molecular complexity index is 490. The van der Waals surface area contributed by atoms with Gasteiger partial charge in [0.1, 0.15) is 25.9 Å². The van der Waals surface area contributed by atoms with Crippen molar-refractivity contribution in [2.75, 3.05) is 19.8 Å². The summed E-state index contributed by atoms with van der Waals surface area (Å²) in [6, 6.07) is 3.77. The van der Waals surface area contributed by atoms with Crippen molar-refractivity contribution in [3.05, 3.63) is 22.7 Å². The molecular formula is C11H11ClN2O3. The monoisotopic (exact) mass is 254 g/mol. The summed E-state index contributed by atoms with van der Waals surface area (Å²) in [7, 11) is 0. The summed E-state index contributed by atoms with van der Waals surface area (Å²) in [4.78, 5) is 4.17. The smallest absolute Gasteiger partial charge is 0.282 e. The molecule has 2 N–H and O–H groups in total. The van der Waals surface area contributed by atoms with E-state index in [1.807, 2.05) is 12.1 Å². The number of hydrogen-bond donors (Lipinski definition) is 1. The molecule has 2 aliphatic heterocycles. The Labute approximate surface area is 103 Å². The van der Waals surface area contributed by atoms with Crippen molar-refractivity contribution in [1.29, 1.82) is 0 Å². The first-order valence-corrected chi connectivity index (χ1v) is 5.67. The summed E-state index contributed by atoms with van der Waals surface area (Å²) >= 11 is 6.14. The summed E-state index contributed by atoms with van der Waals surface area (Å²) in [5.74, 6) is 1.25. The van der Waals surface area contributed by atoms with Gasteiger partial charge in [-0.2, -0.15) is 0 Å². The van der Waals surface area contributed by atoms with Gasteiger partial charge in [-0.15, -0.1) is 0 Å². The van der Waals surface area contributed by atoms with Crippen LogP contribution in [0.25, 0.3) is 0 Å². The van der Waals surface area contributed by atoms with Crippen molar-refractivity contribution in [2.24, 2.45) is 10.7 Å². The molecule has 0 saturated carbocycles. The summed E-state index contributed by atoms with van der Waals surface area (Å²) in [5.41, 5.74) is 6.39. The van der Waals surface area contributed by atoms with Gasteiger partial charge in [0.05, 0.1) is 5.02 Å². The van der Waals surface area contributed by atoms with E-state index in [0.717, 1.165) is 5.56 Å². The zero-order valence-electron chi connectivity index (χ0n) is 8.98. The van der Waals surface area contributed by atoms with Crippen molar-refractivity contribution < 1.29 is 14.2 Å². The second-order valence-corrected chi connectivity index (χ2v) is 4.23. The molecule has 3 rings (SSSR count). The molecule has 0 amide bonds. The van der Waals surface area contributed by atoms with Crippen LogP contribution in [0.4, 0.5) is 0 Å². The first-order chi connectivity index (χ1) is 8.24. The summed E-state index contributed by atoms with van der Waals surface area (Å²) < 4.78 is 16.1. The van der Waals surface area contributed by atoms with E-state index in [1.165, 1.54) is 0 Å². The fraction of sp³-hybridized carbons (Fsp3) is 0.364. The molecule has 0 spiro atoms. The highest BCUT2D eigenvalue weighted by Crippen LogP contribution is 2.40. The number of nitrogens with two attached hydrogens (primary N) is 1. The molecule has 0 radical (unpaired) electrons. The molecule has 1 aromatic carbocycles. The van der Waals surface area contributed by atoms with Crippen LogP contribution in [-0.2, 0) is 4.74 Å². The normalized spacial score (nSPS) is 21.9. The maximum absolute atomic E-state index is 6.14. The lowest BCUT2D eigenvalue weighted by Gasteiger charge is -2.20. The molecule has 1 aromatic rings. The average Bonchev–Trinajstić information content (AvgIpc) is 2.76. The predicted molar refractivity (Wildman–Crippen MR) is 62.8 cm³/mol. The van der Waals surface area contributed by atoms with E-state index in [2.05, 4.69) is 4.99 Å². The Balaban J connectivity index is 1.99. The van der Waals surface area contributed by atoms with Gasteiger partial charge < -0.3 is 19.9 Å². The minimum Gasteiger partial charge on any atom is -0.486 e. The van der Waals surface area contributed by atoms with Crippen molar-refractivity contribution >= 4 is 17.6 Å². The van der Waals surface area contributed by atoms with Crippen LogP contribution >= 0.6 is 11.6 Å². The van der Waals surface area contributed by atoms with Crippen LogP contribution in [-0.4, -0.2) is 25.8 Å². The van der Waals surface area contributed by atoms with Gasteiger partial charge in [-0.25, -0.2) is 4.99 Å². The molecule has 1 unspecified atom stereocenters. The molecule has 90 valence electrons. The van der Waals surface area contributed by atoms with Crippen molar-refractivity contribution in [1.82, 2.24) is 0 Å². The number of benzene rings is 1. The van der Waals surface area contributed by atoms with Gasteiger partial charge in [0.25, 0.3) is 6.02 Å². The Morgan fingerprint density at radius 3 is 2.82 bits per heavy atom. The lowest BCUT2D eigenvalue weighted by Crippen LogP contribution is -2.16. The van der Waals surface area contributed by atoms with E-state index < -0.39 is 0 Å². The zero-order valence-corrected chi connectivity index (χ0v) is 9.74. The van der Waals surface area contributed by atoms with Crippen LogP contribution in [0.1, 0.15) is 11.6 Å². The molecule has 1 atom stereocenters. The number of nitrogens with zero attached hydrogens (tertiary/aromatic N) is 1. The highest BCUT2D eigenvalue weighted by Gasteiger charge is 2.23. The van der Waals surface area contributed by atoms with E-state index in [-0.39, 0.29) is 12.1 Å². The van der Waals surface area contributed by atoms with Crippen LogP contribution in [0, 0.1) is 0 Å². The third-order valence-corrected chi connectivity index (χ3v) is 2.96. The van der Waals surface area contributed by atoms with Crippen molar-refractivity contribution in [3.8, 4) is 11.5 Å². The maximum Gasteiger partial charge on any atom is 0.282 e. The van der Waals surface area contributed by atoms with Crippen LogP contribution in [0.5, 0.6) is 11.5 Å². The van der Waals surface area contributed by atoms with E-state index in [4.69, 9.17) is 31.5 Å². The molecule has 2 heterocycles. The second kappa shape index (κ2) is 4.00. The molecule has 0 saturated heterocycles. The Morgan fingerprint density at radius 2 is 2.06 bits per heavy atom. The Kier molecular flexibility index (Phi) is 2.48. The fourth-order valence-corrected chi connectivity index (χ4v) is 2.16. The van der Waals surface area contributed by atoms with E-state index >= 15 is 0 Å². The predicted octanol–water partition coefficient (Wildman–Crippen LogP) is 1.50. The van der Waals surface area contributed by atoms with Gasteiger partial charge in [0.2, 0.25) is 0 Å². The molecule has 0 aliphatic carbocycles. The van der Waals surface area contributed by atoms with Gasteiger partial charge in [0, 0.05) is 0 Å². The van der Waals surface area contributed by atoms with Gasteiger partial charge in [-0.05, 0) is 17.7 Å². The highest BCUT2D eigenvalue weighted by atomic mass is 35.5. The number of halogens is 1. The third kappa shape index (κ3) is 1.86. The van der Waals surface area contributed by atoms with Crippen LogP contribution in [0.3, 0.4) is 0 Å². The zero-order chi connectivity index (χ0) is 11.8. The highest BCUT2D eigenvalue weighted by molar-refractivity contribution is 6.32. The number of fused-ring (bicyclic) bond motifs is 1. The number of hydrogen-bond acceptors (Lipinski definition) is 5. The third-order valence-electron chi connectivity index (χ3n) is 2.68. The van der Waals surface area contributed by atoms with Crippen LogP contribution < -0.4 is 15.2 Å². The minimum absolute atomic E-state index is 0.122. The standard InChI is InChI=1S/C11H11ClN2O3/c12-7-3-6(8-5-17-11(13)14-8)4-9-10(7)16-2-1-15-9/h3-4,8H,1-2,5H2,(H2,13,14). The molecule has 5 nitrogen and oxygen atoms in total. The molecule has 17 heavy (non-hydrogen) atoms. The molecule has 2 aliphatic rings. The quantitative estimate of drug-likeness (QED) is 0.825. The van der Waals surface area contributed by atoms with Crippen molar-refractivity contribution in [2.45, 2.75) is 6.04 Å². The SMILES string of the molecule is NC1=NC(c2cc(Cl)c3c(c2)OCCO3)CO1. The number of amidine groups is 1. The van der Waals surface area contributed by atoms with Gasteiger partial charge >= 0.3 is 0 Å². The molecule has 0 fully saturated rings. The fourth-order valence-electron chi connectivity index (χ4n) is 1.89. The largest absolute Gasteiger partial charge is 0.486 e. The number of rotatable bonds is 1. The van der Waals surface area contributed by atoms with Crippen LogP contribution in [0.2, 0.25) is 5.02 Å². The topological polar surface area (TPSA) is 66.1 Å². The van der Waals surface area contributed by atoms with Gasteiger partial charge in [0.15, 0.2) is 11.5 Å². The second-order valence-electron chi connectivity index (χ2n) is 3.82. The van der Waals surface area contributed by atoms with Gasteiger partial charge in [-0.3, -0.25) is 0 Å². The summed E-state index contributed by atoms with van der Waals surface area (Å²) in [6.07, 6.45) is 0. The minimum atomic E-state index is -0.122. The van der Waals surface area contributed by atoms with E-state index in [0.29, 0.717) is 36.3 Å². The molecule has 0 aromatic heterocycles. The van der Waals surface area contributed by atoms with Crippen molar-refractivity contribution in [3.63, 3.8) is 0 Å². The van der Waals surface area contributed by atoms with Crippen LogP contribution in [0.15, 0.2) is 17.1 Å². The summed E-state index contributed by atoms with van der Waals surface area (Å²) in [5, 5.41) is 0.526. The first-order valence-electron chi connectivity index (χ1n) is 5.29. The lowest BCUT2D eigenvalue weighted by atomic mass is 10.1. The molecule has 6 heteroatoms.